The van der Waals surface area contributed by atoms with Gasteiger partial charge in [0.15, 0.2) is 0 Å². The fourth-order valence-electron chi connectivity index (χ4n) is 2.28. The first-order valence-corrected chi connectivity index (χ1v) is 7.06. The van der Waals surface area contributed by atoms with Crippen LogP contribution in [0.3, 0.4) is 0 Å². The second-order valence-electron chi connectivity index (χ2n) is 5.05. The summed E-state index contributed by atoms with van der Waals surface area (Å²) in [6.07, 6.45) is 6.70. The topological polar surface area (TPSA) is 40.5 Å². The van der Waals surface area contributed by atoms with E-state index in [-0.39, 0.29) is 24.4 Å². The molecule has 0 atom stereocenters. The molecule has 0 aliphatic heterocycles. The average molecular weight is 277 g/mol. The van der Waals surface area contributed by atoms with Gasteiger partial charge in [0.1, 0.15) is 5.82 Å². The van der Waals surface area contributed by atoms with Gasteiger partial charge < -0.3 is 10.0 Å². The van der Waals surface area contributed by atoms with Crippen LogP contribution >= 0.6 is 0 Å². The van der Waals surface area contributed by atoms with E-state index >= 15 is 0 Å². The molecule has 1 aromatic rings. The van der Waals surface area contributed by atoms with Gasteiger partial charge in [0.2, 0.25) is 5.91 Å². The van der Waals surface area contributed by atoms with Gasteiger partial charge in [-0.05, 0) is 37.8 Å². The number of benzene rings is 1. The summed E-state index contributed by atoms with van der Waals surface area (Å²) in [5.74, 6) is -0.437. The van der Waals surface area contributed by atoms with Gasteiger partial charge in [0.25, 0.3) is 0 Å². The van der Waals surface area contributed by atoms with Crippen molar-refractivity contribution in [1.29, 1.82) is 0 Å². The van der Waals surface area contributed by atoms with Crippen LogP contribution in [-0.2, 0) is 4.79 Å². The summed E-state index contributed by atoms with van der Waals surface area (Å²) in [7, 11) is 0. The number of carbonyl (C=O) groups excluding carboxylic acids is 1. The van der Waals surface area contributed by atoms with Gasteiger partial charge in [-0.25, -0.2) is 4.39 Å². The minimum atomic E-state index is -0.331. The van der Waals surface area contributed by atoms with Crippen LogP contribution in [0.15, 0.2) is 30.3 Å². The molecule has 2 rings (SSSR count). The lowest BCUT2D eigenvalue weighted by atomic mass is 9.91. The number of amides is 1. The van der Waals surface area contributed by atoms with Crippen LogP contribution in [0.25, 0.3) is 6.08 Å². The quantitative estimate of drug-likeness (QED) is 0.812. The minimum absolute atomic E-state index is 0.0769. The Morgan fingerprint density at radius 1 is 1.40 bits per heavy atom. The zero-order valence-corrected chi connectivity index (χ0v) is 11.5. The highest BCUT2D eigenvalue weighted by Gasteiger charge is 2.26. The van der Waals surface area contributed by atoms with Gasteiger partial charge in [-0.3, -0.25) is 4.79 Å². The van der Waals surface area contributed by atoms with Gasteiger partial charge >= 0.3 is 0 Å². The number of rotatable bonds is 6. The third-order valence-corrected chi connectivity index (χ3v) is 3.67. The van der Waals surface area contributed by atoms with Crippen LogP contribution in [0.4, 0.5) is 4.39 Å². The number of hydrogen-bond donors (Lipinski definition) is 1. The summed E-state index contributed by atoms with van der Waals surface area (Å²) in [5.41, 5.74) is 0.413. The molecule has 3 nitrogen and oxygen atoms in total. The highest BCUT2D eigenvalue weighted by Crippen LogP contribution is 2.25. The molecule has 1 saturated carbocycles. The molecule has 1 aliphatic rings. The van der Waals surface area contributed by atoms with E-state index < -0.39 is 0 Å². The van der Waals surface area contributed by atoms with Crippen LogP contribution in [-0.4, -0.2) is 35.1 Å². The molecule has 0 radical (unpaired) electrons. The fourth-order valence-corrected chi connectivity index (χ4v) is 2.28. The fraction of sp³-hybridized carbons (Fsp3) is 0.438. The van der Waals surface area contributed by atoms with Gasteiger partial charge in [-0.15, -0.1) is 0 Å². The highest BCUT2D eigenvalue weighted by molar-refractivity contribution is 5.92. The lowest BCUT2D eigenvalue weighted by Gasteiger charge is -2.37. The molecular weight excluding hydrogens is 257 g/mol. The number of carbonyl (C=O) groups is 1. The zero-order valence-electron chi connectivity index (χ0n) is 11.5. The van der Waals surface area contributed by atoms with E-state index in [1.165, 1.54) is 18.2 Å². The Bertz CT molecular complexity index is 483. The third-order valence-electron chi connectivity index (χ3n) is 3.67. The predicted octanol–water partition coefficient (Wildman–Crippen LogP) is 2.60. The predicted molar refractivity (Wildman–Crippen MR) is 76.5 cm³/mol. The average Bonchev–Trinajstić information content (AvgIpc) is 2.40. The SMILES string of the molecule is O=C(/C=C/c1ccccc1F)N(CCCO)C1CCC1. The summed E-state index contributed by atoms with van der Waals surface area (Å²) in [4.78, 5) is 14.0. The molecule has 108 valence electrons. The third kappa shape index (κ3) is 3.67. The maximum Gasteiger partial charge on any atom is 0.246 e. The normalized spacial score (nSPS) is 15.3. The maximum absolute atomic E-state index is 13.5. The van der Waals surface area contributed by atoms with Crippen molar-refractivity contribution in [3.05, 3.63) is 41.7 Å². The molecule has 1 aliphatic carbocycles. The van der Waals surface area contributed by atoms with Crippen LogP contribution < -0.4 is 0 Å². The molecule has 0 bridgehead atoms. The van der Waals surface area contributed by atoms with E-state index in [0.29, 0.717) is 18.5 Å². The van der Waals surface area contributed by atoms with E-state index in [1.807, 2.05) is 0 Å². The van der Waals surface area contributed by atoms with Crippen LogP contribution in [0.2, 0.25) is 0 Å². The molecule has 1 aromatic carbocycles. The summed E-state index contributed by atoms with van der Waals surface area (Å²) in [5, 5.41) is 8.91. The van der Waals surface area contributed by atoms with Gasteiger partial charge in [0.05, 0.1) is 0 Å². The molecule has 20 heavy (non-hydrogen) atoms. The molecule has 1 amide bonds. The van der Waals surface area contributed by atoms with Crippen molar-refractivity contribution in [3.63, 3.8) is 0 Å². The first kappa shape index (κ1) is 14.7. The van der Waals surface area contributed by atoms with E-state index in [0.717, 1.165) is 19.3 Å². The molecule has 0 spiro atoms. The van der Waals surface area contributed by atoms with Crippen LogP contribution in [0.1, 0.15) is 31.2 Å². The second kappa shape index (κ2) is 7.20. The van der Waals surface area contributed by atoms with Crippen LogP contribution in [0.5, 0.6) is 0 Å². The molecule has 4 heteroatoms. The summed E-state index contributed by atoms with van der Waals surface area (Å²) in [6, 6.07) is 6.65. The van der Waals surface area contributed by atoms with Crippen molar-refractivity contribution in [2.24, 2.45) is 0 Å². The standard InChI is InChI=1S/C16H20FNO2/c17-15-8-2-1-5-13(15)9-10-16(20)18(11-4-12-19)14-6-3-7-14/h1-2,5,8-10,14,19H,3-4,6-7,11-12H2/b10-9+. The summed E-state index contributed by atoms with van der Waals surface area (Å²) in [6.45, 7) is 0.634. The molecule has 1 fully saturated rings. The maximum atomic E-state index is 13.5. The Labute approximate surface area is 118 Å². The molecular formula is C16H20FNO2. The Kier molecular flexibility index (Phi) is 5.30. The lowest BCUT2D eigenvalue weighted by molar-refractivity contribution is -0.130. The first-order chi connectivity index (χ1) is 9.72. The Morgan fingerprint density at radius 3 is 2.75 bits per heavy atom. The van der Waals surface area contributed by atoms with E-state index in [9.17, 15) is 9.18 Å². The van der Waals surface area contributed by atoms with Crippen molar-refractivity contribution >= 4 is 12.0 Å². The van der Waals surface area contributed by atoms with Crippen LogP contribution in [0, 0.1) is 5.82 Å². The second-order valence-corrected chi connectivity index (χ2v) is 5.05. The highest BCUT2D eigenvalue weighted by atomic mass is 19.1. The Hall–Kier alpha value is -1.68. The lowest BCUT2D eigenvalue weighted by Crippen LogP contribution is -2.44. The summed E-state index contributed by atoms with van der Waals surface area (Å²) >= 11 is 0. The number of hydrogen-bond acceptors (Lipinski definition) is 2. The first-order valence-electron chi connectivity index (χ1n) is 7.06. The van der Waals surface area contributed by atoms with Crippen molar-refractivity contribution in [2.75, 3.05) is 13.2 Å². The largest absolute Gasteiger partial charge is 0.396 e. The van der Waals surface area contributed by atoms with Gasteiger partial charge in [-0.1, -0.05) is 18.2 Å². The smallest absolute Gasteiger partial charge is 0.246 e. The summed E-state index contributed by atoms with van der Waals surface area (Å²) < 4.78 is 13.5. The van der Waals surface area contributed by atoms with Crippen molar-refractivity contribution in [3.8, 4) is 0 Å². The van der Waals surface area contributed by atoms with Gasteiger partial charge in [0, 0.05) is 30.8 Å². The Morgan fingerprint density at radius 2 is 2.15 bits per heavy atom. The van der Waals surface area contributed by atoms with E-state index in [4.69, 9.17) is 5.11 Å². The number of aliphatic hydroxyl groups excluding tert-OH is 1. The van der Waals surface area contributed by atoms with Crippen molar-refractivity contribution in [1.82, 2.24) is 4.90 Å². The Balaban J connectivity index is 2.02. The van der Waals surface area contributed by atoms with Crippen molar-refractivity contribution < 1.29 is 14.3 Å². The van der Waals surface area contributed by atoms with Gasteiger partial charge in [-0.2, -0.15) is 0 Å². The minimum Gasteiger partial charge on any atom is -0.396 e. The number of halogens is 1. The molecule has 0 unspecified atom stereocenters. The van der Waals surface area contributed by atoms with Crippen molar-refractivity contribution in [2.45, 2.75) is 31.7 Å². The molecule has 1 N–H and O–H groups in total. The number of aliphatic hydroxyl groups is 1. The molecule has 0 heterocycles. The molecule has 0 aromatic heterocycles. The van der Waals surface area contributed by atoms with E-state index in [2.05, 4.69) is 0 Å². The van der Waals surface area contributed by atoms with E-state index in [1.54, 1.807) is 23.1 Å². The zero-order chi connectivity index (χ0) is 14.4. The molecule has 0 saturated heterocycles. The number of nitrogens with zero attached hydrogens (tertiary/aromatic N) is 1. The monoisotopic (exact) mass is 277 g/mol.